The van der Waals surface area contributed by atoms with Crippen molar-refractivity contribution in [2.24, 2.45) is 0 Å². The molecule has 0 amide bonds. The van der Waals surface area contributed by atoms with Gasteiger partial charge in [0, 0.05) is 4.90 Å². The van der Waals surface area contributed by atoms with Crippen molar-refractivity contribution in [1.82, 2.24) is 0 Å². The molecule has 1 aliphatic heterocycles. The third kappa shape index (κ3) is 2.43. The first-order chi connectivity index (χ1) is 7.15. The fourth-order valence-electron chi connectivity index (χ4n) is 1.30. The van der Waals surface area contributed by atoms with Crippen molar-refractivity contribution in [3.63, 3.8) is 0 Å². The quantitative estimate of drug-likeness (QED) is 0.911. The van der Waals surface area contributed by atoms with Gasteiger partial charge in [-0.05, 0) is 18.2 Å². The predicted molar refractivity (Wildman–Crippen MR) is 63.0 cm³/mol. The van der Waals surface area contributed by atoms with Crippen LogP contribution < -0.4 is 0 Å². The van der Waals surface area contributed by atoms with Crippen LogP contribution in [0.3, 0.4) is 0 Å². The summed E-state index contributed by atoms with van der Waals surface area (Å²) < 4.78 is 4.92. The highest BCUT2D eigenvalue weighted by atomic mass is 35.5. The summed E-state index contributed by atoms with van der Waals surface area (Å²) in [7, 11) is 0. The molecule has 1 saturated heterocycles. The Morgan fingerprint density at radius 2 is 2.07 bits per heavy atom. The fourth-order valence-corrected chi connectivity index (χ4v) is 2.83. The Kier molecular flexibility index (Phi) is 3.48. The van der Waals surface area contributed by atoms with E-state index in [0.29, 0.717) is 23.3 Å². The van der Waals surface area contributed by atoms with E-state index < -0.39 is 0 Å². The molecule has 1 aromatic rings. The van der Waals surface area contributed by atoms with Crippen molar-refractivity contribution >= 4 is 35.0 Å². The van der Waals surface area contributed by atoms with Crippen LogP contribution in [-0.2, 0) is 4.74 Å². The molecular formula is C10H10Cl2O2S. The lowest BCUT2D eigenvalue weighted by Crippen LogP contribution is -2.49. The topological polar surface area (TPSA) is 29.5 Å². The monoisotopic (exact) mass is 264 g/mol. The third-order valence-electron chi connectivity index (χ3n) is 2.24. The van der Waals surface area contributed by atoms with Gasteiger partial charge in [-0.1, -0.05) is 23.2 Å². The number of hydrogen-bond acceptors (Lipinski definition) is 3. The van der Waals surface area contributed by atoms with Gasteiger partial charge < -0.3 is 9.84 Å². The molecule has 0 radical (unpaired) electrons. The Morgan fingerprint density at radius 3 is 2.53 bits per heavy atom. The smallest absolute Gasteiger partial charge is 0.0902 e. The van der Waals surface area contributed by atoms with Gasteiger partial charge in [-0.25, -0.2) is 0 Å². The van der Waals surface area contributed by atoms with E-state index in [2.05, 4.69) is 0 Å². The molecule has 0 unspecified atom stereocenters. The lowest BCUT2D eigenvalue weighted by atomic mass is 10.1. The van der Waals surface area contributed by atoms with Gasteiger partial charge >= 0.3 is 0 Å². The van der Waals surface area contributed by atoms with Crippen molar-refractivity contribution in [3.8, 4) is 0 Å². The average molecular weight is 265 g/mol. The molecule has 1 N–H and O–H groups in total. The molecule has 0 aliphatic carbocycles. The van der Waals surface area contributed by atoms with Crippen molar-refractivity contribution in [2.75, 3.05) is 19.8 Å². The number of aliphatic hydroxyl groups is 1. The van der Waals surface area contributed by atoms with E-state index in [1.165, 1.54) is 0 Å². The first kappa shape index (κ1) is 11.6. The van der Waals surface area contributed by atoms with E-state index >= 15 is 0 Å². The zero-order valence-electron chi connectivity index (χ0n) is 7.87. The highest BCUT2D eigenvalue weighted by molar-refractivity contribution is 8.00. The molecule has 2 rings (SSSR count). The van der Waals surface area contributed by atoms with Gasteiger partial charge in [-0.2, -0.15) is 0 Å². The van der Waals surface area contributed by atoms with E-state index in [0.717, 1.165) is 4.90 Å². The second-order valence-corrected chi connectivity index (χ2v) is 5.87. The number of thioether (sulfide) groups is 1. The third-order valence-corrected chi connectivity index (χ3v) is 4.27. The molecule has 1 aromatic carbocycles. The molecule has 1 heterocycles. The van der Waals surface area contributed by atoms with Crippen LogP contribution in [0.2, 0.25) is 10.0 Å². The summed E-state index contributed by atoms with van der Waals surface area (Å²) in [6.07, 6.45) is 0. The lowest BCUT2D eigenvalue weighted by Gasteiger charge is -2.39. The summed E-state index contributed by atoms with van der Waals surface area (Å²) in [5, 5.41) is 10.3. The Balaban J connectivity index is 2.13. The molecule has 1 fully saturated rings. The number of halogens is 2. The summed E-state index contributed by atoms with van der Waals surface area (Å²) in [4.78, 5) is 1.00. The molecule has 0 saturated carbocycles. The summed E-state index contributed by atoms with van der Waals surface area (Å²) in [6, 6.07) is 5.47. The maximum atomic E-state index is 9.26. The molecule has 15 heavy (non-hydrogen) atoms. The predicted octanol–water partition coefficient (Wildman–Crippen LogP) is 2.85. The minimum absolute atomic E-state index is 0.109. The Hall–Kier alpha value is 0.0700. The zero-order chi connectivity index (χ0) is 10.9. The number of rotatable bonds is 3. The Morgan fingerprint density at radius 1 is 1.33 bits per heavy atom. The summed E-state index contributed by atoms with van der Waals surface area (Å²) in [5.74, 6) is 0. The molecule has 0 aromatic heterocycles. The van der Waals surface area contributed by atoms with Gasteiger partial charge in [0.1, 0.15) is 0 Å². The van der Waals surface area contributed by atoms with Crippen LogP contribution >= 0.6 is 35.0 Å². The first-order valence-electron chi connectivity index (χ1n) is 4.48. The molecule has 0 bridgehead atoms. The normalized spacial score (nSPS) is 18.6. The van der Waals surface area contributed by atoms with Crippen LogP contribution in [0.15, 0.2) is 23.1 Å². The van der Waals surface area contributed by atoms with Crippen LogP contribution in [-0.4, -0.2) is 29.7 Å². The minimum atomic E-state index is -0.197. The van der Waals surface area contributed by atoms with Crippen molar-refractivity contribution in [2.45, 2.75) is 9.64 Å². The van der Waals surface area contributed by atoms with Crippen LogP contribution in [0.25, 0.3) is 0 Å². The molecule has 1 aliphatic rings. The highest BCUT2D eigenvalue weighted by Crippen LogP contribution is 2.40. The van der Waals surface area contributed by atoms with E-state index in [-0.39, 0.29) is 11.4 Å². The highest BCUT2D eigenvalue weighted by Gasteiger charge is 2.39. The van der Waals surface area contributed by atoms with E-state index in [1.807, 2.05) is 12.1 Å². The number of aliphatic hydroxyl groups excluding tert-OH is 1. The summed E-state index contributed by atoms with van der Waals surface area (Å²) in [5.41, 5.74) is 0. The van der Waals surface area contributed by atoms with Gasteiger partial charge in [0.05, 0.1) is 34.6 Å². The van der Waals surface area contributed by atoms with Crippen LogP contribution in [0.4, 0.5) is 0 Å². The Labute approximate surface area is 103 Å². The lowest BCUT2D eigenvalue weighted by molar-refractivity contribution is -0.0318. The van der Waals surface area contributed by atoms with Crippen molar-refractivity contribution < 1.29 is 9.84 Å². The minimum Gasteiger partial charge on any atom is -0.395 e. The van der Waals surface area contributed by atoms with E-state index in [4.69, 9.17) is 27.9 Å². The van der Waals surface area contributed by atoms with E-state index in [1.54, 1.807) is 17.8 Å². The molecule has 2 nitrogen and oxygen atoms in total. The van der Waals surface area contributed by atoms with Crippen LogP contribution in [0.5, 0.6) is 0 Å². The number of benzene rings is 1. The van der Waals surface area contributed by atoms with E-state index in [9.17, 15) is 5.11 Å². The molecule has 0 spiro atoms. The maximum absolute atomic E-state index is 9.26. The van der Waals surface area contributed by atoms with Gasteiger partial charge in [0.2, 0.25) is 0 Å². The molecule has 0 atom stereocenters. The van der Waals surface area contributed by atoms with Gasteiger partial charge in [-0.15, -0.1) is 11.8 Å². The van der Waals surface area contributed by atoms with Crippen LogP contribution in [0, 0.1) is 0 Å². The van der Waals surface area contributed by atoms with Gasteiger partial charge in [0.25, 0.3) is 0 Å². The van der Waals surface area contributed by atoms with Crippen LogP contribution in [0.1, 0.15) is 0 Å². The standard InChI is InChI=1S/C10H10Cl2O2S/c11-8-2-1-7(3-9(8)12)15-10(4-13)5-14-6-10/h1-3,13H,4-6H2. The number of ether oxygens (including phenoxy) is 1. The van der Waals surface area contributed by atoms with Gasteiger partial charge in [0.15, 0.2) is 0 Å². The zero-order valence-corrected chi connectivity index (χ0v) is 10.2. The Bertz CT molecular complexity index is 361. The van der Waals surface area contributed by atoms with Crippen molar-refractivity contribution in [1.29, 1.82) is 0 Å². The molecule has 82 valence electrons. The fraction of sp³-hybridized carbons (Fsp3) is 0.400. The average Bonchev–Trinajstić information content (AvgIpc) is 2.17. The van der Waals surface area contributed by atoms with Crippen molar-refractivity contribution in [3.05, 3.63) is 28.2 Å². The summed E-state index contributed by atoms with van der Waals surface area (Å²) >= 11 is 13.3. The number of hydrogen-bond donors (Lipinski definition) is 1. The second kappa shape index (κ2) is 4.52. The summed E-state index contributed by atoms with van der Waals surface area (Å²) in [6.45, 7) is 1.26. The van der Waals surface area contributed by atoms with Gasteiger partial charge in [-0.3, -0.25) is 0 Å². The first-order valence-corrected chi connectivity index (χ1v) is 6.05. The largest absolute Gasteiger partial charge is 0.395 e. The maximum Gasteiger partial charge on any atom is 0.0902 e. The second-order valence-electron chi connectivity index (χ2n) is 3.51. The SMILES string of the molecule is OCC1(Sc2ccc(Cl)c(Cl)c2)COC1. The molecular weight excluding hydrogens is 255 g/mol. The molecule has 5 heteroatoms.